The van der Waals surface area contributed by atoms with Gasteiger partial charge in [-0.15, -0.1) is 0 Å². The van der Waals surface area contributed by atoms with Crippen LogP contribution in [0.15, 0.2) is 77.7 Å². The first-order valence-corrected chi connectivity index (χ1v) is 13.8. The third kappa shape index (κ3) is 7.86. The molecule has 0 saturated carbocycles. The van der Waals surface area contributed by atoms with Crippen molar-refractivity contribution in [1.82, 2.24) is 10.2 Å². The van der Waals surface area contributed by atoms with E-state index in [9.17, 15) is 26.8 Å². The molecular formula is C29H33F2N3O4S. The van der Waals surface area contributed by atoms with E-state index in [1.807, 2.05) is 6.92 Å². The summed E-state index contributed by atoms with van der Waals surface area (Å²) in [6.07, 6.45) is 0. The van der Waals surface area contributed by atoms with Crippen molar-refractivity contribution in [3.05, 3.63) is 95.6 Å². The Balaban J connectivity index is 2.02. The molecule has 0 aliphatic carbocycles. The number of hydrogen-bond acceptors (Lipinski definition) is 4. The highest BCUT2D eigenvalue weighted by molar-refractivity contribution is 7.92. The molecule has 39 heavy (non-hydrogen) atoms. The lowest BCUT2D eigenvalue weighted by Crippen LogP contribution is -2.54. The number of anilines is 1. The SMILES string of the molecule is Cc1ccc(S(=O)(=O)N(CC(=O)N(Cc2ccc(F)cc2)C(C)C(=O)NC(C)(C)C)c2ccc(F)cc2)cc1. The van der Waals surface area contributed by atoms with E-state index in [1.165, 1.54) is 53.4 Å². The van der Waals surface area contributed by atoms with Gasteiger partial charge < -0.3 is 10.2 Å². The molecule has 1 N–H and O–H groups in total. The van der Waals surface area contributed by atoms with Crippen molar-refractivity contribution in [3.8, 4) is 0 Å². The van der Waals surface area contributed by atoms with E-state index < -0.39 is 51.6 Å². The molecule has 208 valence electrons. The Morgan fingerprint density at radius 2 is 1.38 bits per heavy atom. The van der Waals surface area contributed by atoms with Crippen molar-refractivity contribution in [1.29, 1.82) is 0 Å². The first-order chi connectivity index (χ1) is 18.2. The van der Waals surface area contributed by atoms with E-state index in [0.717, 1.165) is 22.0 Å². The fourth-order valence-electron chi connectivity index (χ4n) is 3.82. The van der Waals surface area contributed by atoms with Gasteiger partial charge in [0.25, 0.3) is 10.0 Å². The van der Waals surface area contributed by atoms with Crippen LogP contribution in [0.5, 0.6) is 0 Å². The molecule has 0 spiro atoms. The van der Waals surface area contributed by atoms with Crippen molar-refractivity contribution >= 4 is 27.5 Å². The maximum atomic E-state index is 13.8. The van der Waals surface area contributed by atoms with E-state index in [4.69, 9.17) is 0 Å². The molecule has 7 nitrogen and oxygen atoms in total. The predicted octanol–water partition coefficient (Wildman–Crippen LogP) is 4.80. The van der Waals surface area contributed by atoms with Crippen LogP contribution in [-0.4, -0.2) is 43.3 Å². The molecule has 2 amide bonds. The van der Waals surface area contributed by atoms with Crippen molar-refractivity contribution in [2.75, 3.05) is 10.8 Å². The standard InChI is InChI=1S/C29H33F2N3O4S/c1-20-6-16-26(17-7-20)39(37,38)34(25-14-12-24(31)13-15-25)19-27(35)33(18-22-8-10-23(30)11-9-22)21(2)28(36)32-29(3,4)5/h6-17,21H,18-19H2,1-5H3,(H,32,36). The summed E-state index contributed by atoms with van der Waals surface area (Å²) in [5.74, 6) is -2.13. The molecule has 0 fully saturated rings. The third-order valence-corrected chi connectivity index (χ3v) is 7.72. The Bertz CT molecular complexity index is 1400. The Hall–Kier alpha value is -3.79. The highest BCUT2D eigenvalue weighted by atomic mass is 32.2. The fraction of sp³-hybridized carbons (Fsp3) is 0.310. The lowest BCUT2D eigenvalue weighted by Gasteiger charge is -2.33. The molecule has 1 unspecified atom stereocenters. The van der Waals surface area contributed by atoms with Gasteiger partial charge in [0.15, 0.2) is 0 Å². The van der Waals surface area contributed by atoms with Crippen LogP contribution in [0.25, 0.3) is 0 Å². The van der Waals surface area contributed by atoms with Crippen molar-refractivity contribution in [2.45, 2.75) is 57.6 Å². The highest BCUT2D eigenvalue weighted by Gasteiger charge is 2.33. The van der Waals surface area contributed by atoms with Gasteiger partial charge in [-0.3, -0.25) is 13.9 Å². The normalized spacial score (nSPS) is 12.5. The molecule has 0 aromatic heterocycles. The van der Waals surface area contributed by atoms with Gasteiger partial charge in [0.2, 0.25) is 11.8 Å². The number of carbonyl (C=O) groups excluding carboxylic acids is 2. The summed E-state index contributed by atoms with van der Waals surface area (Å²) in [4.78, 5) is 28.1. The van der Waals surface area contributed by atoms with Crippen LogP contribution >= 0.6 is 0 Å². The number of rotatable bonds is 9. The first kappa shape index (κ1) is 29.8. The predicted molar refractivity (Wildman–Crippen MR) is 146 cm³/mol. The molecule has 0 aliphatic heterocycles. The van der Waals surface area contributed by atoms with E-state index in [0.29, 0.717) is 5.56 Å². The van der Waals surface area contributed by atoms with E-state index in [-0.39, 0.29) is 17.1 Å². The summed E-state index contributed by atoms with van der Waals surface area (Å²) in [6, 6.07) is 15.4. The average molecular weight is 558 g/mol. The molecule has 0 heterocycles. The number of nitrogens with zero attached hydrogens (tertiary/aromatic N) is 2. The topological polar surface area (TPSA) is 86.8 Å². The molecule has 0 saturated heterocycles. The summed E-state index contributed by atoms with van der Waals surface area (Å²) in [5.41, 5.74) is 0.904. The van der Waals surface area contributed by atoms with Crippen molar-refractivity contribution in [2.24, 2.45) is 0 Å². The average Bonchev–Trinajstić information content (AvgIpc) is 2.86. The van der Waals surface area contributed by atoms with Crippen LogP contribution in [0, 0.1) is 18.6 Å². The molecule has 3 rings (SSSR count). The molecular weight excluding hydrogens is 524 g/mol. The number of nitrogens with one attached hydrogen (secondary N) is 1. The lowest BCUT2D eigenvalue weighted by atomic mass is 10.1. The Morgan fingerprint density at radius 1 is 0.872 bits per heavy atom. The molecule has 0 bridgehead atoms. The Kier molecular flexibility index (Phi) is 9.11. The summed E-state index contributed by atoms with van der Waals surface area (Å²) < 4.78 is 55.5. The molecule has 10 heteroatoms. The van der Waals surface area contributed by atoms with Gasteiger partial charge in [-0.2, -0.15) is 0 Å². The molecule has 0 aliphatic rings. The van der Waals surface area contributed by atoms with Crippen LogP contribution in [0.4, 0.5) is 14.5 Å². The number of halogens is 2. The number of hydrogen-bond donors (Lipinski definition) is 1. The van der Waals surface area contributed by atoms with Gasteiger partial charge in [-0.05, 0) is 88.7 Å². The maximum absolute atomic E-state index is 13.8. The van der Waals surface area contributed by atoms with E-state index in [2.05, 4.69) is 5.32 Å². The van der Waals surface area contributed by atoms with Gasteiger partial charge >= 0.3 is 0 Å². The minimum absolute atomic E-state index is 0.0474. The van der Waals surface area contributed by atoms with E-state index in [1.54, 1.807) is 39.8 Å². The second kappa shape index (κ2) is 11.9. The quantitative estimate of drug-likeness (QED) is 0.410. The lowest BCUT2D eigenvalue weighted by molar-refractivity contribution is -0.140. The van der Waals surface area contributed by atoms with Crippen molar-refractivity contribution < 1.29 is 26.8 Å². The zero-order valence-corrected chi connectivity index (χ0v) is 23.4. The summed E-state index contributed by atoms with van der Waals surface area (Å²) in [5, 5.41) is 2.84. The monoisotopic (exact) mass is 557 g/mol. The van der Waals surface area contributed by atoms with E-state index >= 15 is 0 Å². The van der Waals surface area contributed by atoms with Gasteiger partial charge in [-0.1, -0.05) is 29.8 Å². The van der Waals surface area contributed by atoms with Gasteiger partial charge in [-0.25, -0.2) is 17.2 Å². The summed E-state index contributed by atoms with van der Waals surface area (Å²) >= 11 is 0. The second-order valence-electron chi connectivity index (χ2n) is 10.4. The first-order valence-electron chi connectivity index (χ1n) is 12.4. The zero-order chi connectivity index (χ0) is 29.0. The molecule has 1 atom stereocenters. The Labute approximate surface area is 228 Å². The number of benzene rings is 3. The largest absolute Gasteiger partial charge is 0.350 e. The van der Waals surface area contributed by atoms with Crippen LogP contribution < -0.4 is 9.62 Å². The summed E-state index contributed by atoms with van der Waals surface area (Å²) in [6.45, 7) is 8.03. The van der Waals surface area contributed by atoms with Crippen molar-refractivity contribution in [3.63, 3.8) is 0 Å². The Morgan fingerprint density at radius 3 is 1.90 bits per heavy atom. The fourth-order valence-corrected chi connectivity index (χ4v) is 5.23. The molecule has 3 aromatic rings. The van der Waals surface area contributed by atoms with Gasteiger partial charge in [0.05, 0.1) is 10.6 Å². The summed E-state index contributed by atoms with van der Waals surface area (Å²) in [7, 11) is -4.25. The minimum Gasteiger partial charge on any atom is -0.350 e. The number of aryl methyl sites for hydroxylation is 1. The highest BCUT2D eigenvalue weighted by Crippen LogP contribution is 2.25. The minimum atomic E-state index is -4.25. The van der Waals surface area contributed by atoms with Gasteiger partial charge in [0.1, 0.15) is 24.2 Å². The maximum Gasteiger partial charge on any atom is 0.264 e. The molecule has 0 radical (unpaired) electrons. The number of sulfonamides is 1. The smallest absolute Gasteiger partial charge is 0.264 e. The molecule has 3 aromatic carbocycles. The van der Waals surface area contributed by atoms with Crippen LogP contribution in [-0.2, 0) is 26.2 Å². The number of carbonyl (C=O) groups is 2. The van der Waals surface area contributed by atoms with Crippen LogP contribution in [0.2, 0.25) is 0 Å². The zero-order valence-electron chi connectivity index (χ0n) is 22.6. The van der Waals surface area contributed by atoms with Gasteiger partial charge in [0, 0.05) is 12.1 Å². The van der Waals surface area contributed by atoms with Crippen LogP contribution in [0.3, 0.4) is 0 Å². The third-order valence-electron chi connectivity index (χ3n) is 5.93. The van der Waals surface area contributed by atoms with Crippen LogP contribution in [0.1, 0.15) is 38.8 Å². The second-order valence-corrected chi connectivity index (χ2v) is 12.2. The number of amides is 2.